The Balaban J connectivity index is 2.92. The molecular formula is C8H14N4O2. The summed E-state index contributed by atoms with van der Waals surface area (Å²) in [6.07, 6.45) is 0.561. The van der Waals surface area contributed by atoms with Crippen molar-refractivity contribution in [1.29, 1.82) is 0 Å². The summed E-state index contributed by atoms with van der Waals surface area (Å²) in [5, 5.41) is 7.15. The van der Waals surface area contributed by atoms with Crippen molar-refractivity contribution in [3.63, 3.8) is 0 Å². The Morgan fingerprint density at radius 3 is 2.64 bits per heavy atom. The molecular weight excluding hydrogens is 184 g/mol. The summed E-state index contributed by atoms with van der Waals surface area (Å²) in [5.74, 6) is 0.298. The lowest BCUT2D eigenvalue weighted by molar-refractivity contribution is 0.150. The van der Waals surface area contributed by atoms with Gasteiger partial charge >= 0.3 is 12.1 Å². The van der Waals surface area contributed by atoms with E-state index in [0.717, 1.165) is 4.90 Å². The number of urea groups is 2. The topological polar surface area (TPSA) is 88.1 Å². The summed E-state index contributed by atoms with van der Waals surface area (Å²) < 4.78 is 0. The normalized spacial score (nSPS) is 26.3. The molecule has 4 amide bonds. The number of amides is 4. The summed E-state index contributed by atoms with van der Waals surface area (Å²) in [7, 11) is 0. The predicted molar refractivity (Wildman–Crippen MR) is 49.5 cm³/mol. The van der Waals surface area contributed by atoms with Crippen molar-refractivity contribution in [2.24, 2.45) is 21.9 Å². The van der Waals surface area contributed by atoms with Gasteiger partial charge in [-0.2, -0.15) is 5.11 Å². The van der Waals surface area contributed by atoms with Crippen molar-refractivity contribution in [3.05, 3.63) is 0 Å². The summed E-state index contributed by atoms with van der Waals surface area (Å²) in [6.45, 7) is 5.62. The molecule has 0 spiro atoms. The Labute approximate surface area is 82.2 Å². The Hall–Kier alpha value is -1.46. The van der Waals surface area contributed by atoms with Crippen LogP contribution in [0.2, 0.25) is 0 Å². The first-order valence-electron chi connectivity index (χ1n) is 4.43. The molecule has 0 saturated carbocycles. The maximum absolute atomic E-state index is 11.2. The Morgan fingerprint density at radius 2 is 2.21 bits per heavy atom. The fourth-order valence-electron chi connectivity index (χ4n) is 1.68. The van der Waals surface area contributed by atoms with Crippen LogP contribution in [0.4, 0.5) is 9.59 Å². The molecule has 0 aliphatic carbocycles. The van der Waals surface area contributed by atoms with Crippen molar-refractivity contribution in [1.82, 2.24) is 4.90 Å². The van der Waals surface area contributed by atoms with Crippen LogP contribution in [0.3, 0.4) is 0 Å². The Bertz CT molecular complexity index is 300. The summed E-state index contributed by atoms with van der Waals surface area (Å²) >= 11 is 0. The molecule has 6 nitrogen and oxygen atoms in total. The monoisotopic (exact) mass is 198 g/mol. The van der Waals surface area contributed by atoms with Crippen LogP contribution >= 0.6 is 0 Å². The summed E-state index contributed by atoms with van der Waals surface area (Å²) in [6, 6.07) is -1.48. The highest BCUT2D eigenvalue weighted by Crippen LogP contribution is 2.30. The molecule has 2 N–H and O–H groups in total. The lowest BCUT2D eigenvalue weighted by Crippen LogP contribution is -2.50. The standard InChI is InChI=1S/C8H14N4O2/c1-5(2)4-8(3)11-10-7(14)12(8)6(9)13/h5H,4H2,1-3H3,(H2,9,13). The third kappa shape index (κ3) is 1.73. The summed E-state index contributed by atoms with van der Waals surface area (Å²) in [4.78, 5) is 23.1. The average molecular weight is 198 g/mol. The number of nitrogens with zero attached hydrogens (tertiary/aromatic N) is 3. The van der Waals surface area contributed by atoms with Crippen molar-refractivity contribution in [2.75, 3.05) is 0 Å². The highest BCUT2D eigenvalue weighted by Gasteiger charge is 2.44. The van der Waals surface area contributed by atoms with E-state index in [9.17, 15) is 9.59 Å². The second kappa shape index (κ2) is 3.36. The number of primary amides is 1. The molecule has 0 fully saturated rings. The van der Waals surface area contributed by atoms with E-state index in [1.54, 1.807) is 6.92 Å². The number of rotatable bonds is 2. The van der Waals surface area contributed by atoms with Gasteiger partial charge in [0.15, 0.2) is 5.66 Å². The van der Waals surface area contributed by atoms with E-state index in [4.69, 9.17) is 5.73 Å². The van der Waals surface area contributed by atoms with Gasteiger partial charge in [0.2, 0.25) is 0 Å². The van der Waals surface area contributed by atoms with E-state index in [2.05, 4.69) is 10.2 Å². The molecule has 0 aromatic rings. The number of hydrogen-bond donors (Lipinski definition) is 1. The van der Waals surface area contributed by atoms with E-state index in [1.807, 2.05) is 13.8 Å². The lowest BCUT2D eigenvalue weighted by atomic mass is 9.99. The quantitative estimate of drug-likeness (QED) is 0.732. The highest BCUT2D eigenvalue weighted by molar-refractivity contribution is 5.95. The molecule has 1 unspecified atom stereocenters. The summed E-state index contributed by atoms with van der Waals surface area (Å²) in [5.41, 5.74) is 4.18. The molecule has 1 aliphatic rings. The minimum absolute atomic E-state index is 0.298. The molecule has 0 saturated heterocycles. The second-order valence-electron chi connectivity index (χ2n) is 3.97. The van der Waals surface area contributed by atoms with Gasteiger partial charge in [0.1, 0.15) is 0 Å². The fourth-order valence-corrected chi connectivity index (χ4v) is 1.68. The third-order valence-corrected chi connectivity index (χ3v) is 2.04. The molecule has 78 valence electrons. The van der Waals surface area contributed by atoms with E-state index >= 15 is 0 Å². The highest BCUT2D eigenvalue weighted by atomic mass is 16.2. The number of carbonyl (C=O) groups is 2. The number of carbonyl (C=O) groups excluding carboxylic acids is 2. The molecule has 14 heavy (non-hydrogen) atoms. The lowest BCUT2D eigenvalue weighted by Gasteiger charge is -2.29. The molecule has 0 bridgehead atoms. The molecule has 0 aromatic heterocycles. The van der Waals surface area contributed by atoms with E-state index < -0.39 is 17.7 Å². The van der Waals surface area contributed by atoms with Gasteiger partial charge in [0, 0.05) is 0 Å². The number of imide groups is 1. The van der Waals surface area contributed by atoms with Gasteiger partial charge in [-0.25, -0.2) is 14.5 Å². The van der Waals surface area contributed by atoms with Gasteiger partial charge in [0.25, 0.3) is 0 Å². The van der Waals surface area contributed by atoms with Crippen LogP contribution in [-0.2, 0) is 0 Å². The van der Waals surface area contributed by atoms with Crippen molar-refractivity contribution in [3.8, 4) is 0 Å². The average Bonchev–Trinajstić information content (AvgIpc) is 2.24. The van der Waals surface area contributed by atoms with Crippen LogP contribution in [0.5, 0.6) is 0 Å². The van der Waals surface area contributed by atoms with Gasteiger partial charge in [0.05, 0.1) is 0 Å². The van der Waals surface area contributed by atoms with Gasteiger partial charge < -0.3 is 5.73 Å². The number of nitrogens with two attached hydrogens (primary N) is 1. The zero-order valence-corrected chi connectivity index (χ0v) is 8.52. The molecule has 0 radical (unpaired) electrons. The smallest absolute Gasteiger partial charge is 0.351 e. The van der Waals surface area contributed by atoms with E-state index in [0.29, 0.717) is 12.3 Å². The SMILES string of the molecule is CC(C)CC1(C)N=NC(=O)N1C(N)=O. The second-order valence-corrected chi connectivity index (χ2v) is 3.97. The Morgan fingerprint density at radius 1 is 1.64 bits per heavy atom. The minimum atomic E-state index is -0.906. The van der Waals surface area contributed by atoms with Gasteiger partial charge in [-0.15, -0.1) is 0 Å². The van der Waals surface area contributed by atoms with Crippen LogP contribution in [0.25, 0.3) is 0 Å². The van der Waals surface area contributed by atoms with Crippen molar-refractivity contribution in [2.45, 2.75) is 32.9 Å². The maximum Gasteiger partial charge on any atom is 0.372 e. The molecule has 1 rings (SSSR count). The predicted octanol–water partition coefficient (Wildman–Crippen LogP) is 1.72. The van der Waals surface area contributed by atoms with E-state index in [-0.39, 0.29) is 0 Å². The van der Waals surface area contributed by atoms with Crippen molar-refractivity contribution >= 4 is 12.1 Å². The van der Waals surface area contributed by atoms with Crippen LogP contribution in [0, 0.1) is 5.92 Å². The van der Waals surface area contributed by atoms with Crippen LogP contribution in [0.1, 0.15) is 27.2 Å². The first-order chi connectivity index (χ1) is 6.37. The number of hydrogen-bond acceptors (Lipinski definition) is 3. The molecule has 0 aromatic carbocycles. The van der Waals surface area contributed by atoms with Gasteiger partial charge in [-0.05, 0) is 19.3 Å². The zero-order chi connectivity index (χ0) is 10.9. The molecule has 1 heterocycles. The third-order valence-electron chi connectivity index (χ3n) is 2.04. The first kappa shape index (κ1) is 10.6. The van der Waals surface area contributed by atoms with Gasteiger partial charge in [-0.3, -0.25) is 0 Å². The Kier molecular flexibility index (Phi) is 2.55. The van der Waals surface area contributed by atoms with Gasteiger partial charge in [-0.1, -0.05) is 19.0 Å². The molecule has 1 atom stereocenters. The van der Waals surface area contributed by atoms with Crippen LogP contribution in [-0.4, -0.2) is 22.6 Å². The van der Waals surface area contributed by atoms with Crippen LogP contribution < -0.4 is 5.73 Å². The maximum atomic E-state index is 11.2. The fraction of sp³-hybridized carbons (Fsp3) is 0.750. The molecule has 1 aliphatic heterocycles. The van der Waals surface area contributed by atoms with Crippen LogP contribution in [0.15, 0.2) is 10.2 Å². The van der Waals surface area contributed by atoms with Crippen molar-refractivity contribution < 1.29 is 9.59 Å². The minimum Gasteiger partial charge on any atom is -0.351 e. The largest absolute Gasteiger partial charge is 0.372 e. The number of azo groups is 1. The van der Waals surface area contributed by atoms with E-state index in [1.165, 1.54) is 0 Å². The molecule has 6 heteroatoms. The first-order valence-corrected chi connectivity index (χ1v) is 4.43. The zero-order valence-electron chi connectivity index (χ0n) is 8.52.